The number of rotatable bonds is 6. The van der Waals surface area contributed by atoms with Crippen LogP contribution in [0.1, 0.15) is 25.7 Å². The summed E-state index contributed by atoms with van der Waals surface area (Å²) < 4.78 is 36.7. The molecule has 0 spiro atoms. The van der Waals surface area contributed by atoms with Crippen molar-refractivity contribution in [1.82, 2.24) is 14.7 Å². The van der Waals surface area contributed by atoms with E-state index in [2.05, 4.69) is 0 Å². The van der Waals surface area contributed by atoms with E-state index >= 15 is 0 Å². The first-order valence-electron chi connectivity index (χ1n) is 10.6. The predicted molar refractivity (Wildman–Crippen MR) is 112 cm³/mol. The molecule has 0 bridgehead atoms. The van der Waals surface area contributed by atoms with Crippen LogP contribution in [0.2, 0.25) is 0 Å². The number of hydrogen-bond acceptors (Lipinski definition) is 7. The number of piperidine rings is 1. The Morgan fingerprint density at radius 3 is 2.19 bits per heavy atom. The Hall–Kier alpha value is -1.79. The number of hydroxylamine groups is 1. The predicted octanol–water partition coefficient (Wildman–Crippen LogP) is 0.0540. The third kappa shape index (κ3) is 5.35. The third-order valence-electron chi connectivity index (χ3n) is 6.20. The lowest BCUT2D eigenvalue weighted by Gasteiger charge is -2.40. The molecule has 0 aromatic heterocycles. The second-order valence-corrected chi connectivity index (χ2v) is 10.2. The Labute approximate surface area is 182 Å². The molecule has 3 fully saturated rings. The minimum Gasteiger partial charge on any atom is -0.381 e. The van der Waals surface area contributed by atoms with Crippen LogP contribution in [0.5, 0.6) is 0 Å². The number of nitrogens with zero attached hydrogens (tertiary/aromatic N) is 2. The molecular formula is C20H31N3O7S. The van der Waals surface area contributed by atoms with Crippen molar-refractivity contribution in [2.45, 2.75) is 30.4 Å². The van der Waals surface area contributed by atoms with Crippen molar-refractivity contribution in [1.29, 1.82) is 0 Å². The third-order valence-corrected chi connectivity index (χ3v) is 8.83. The minimum atomic E-state index is -3.95. The fraction of sp³-hybridized carbons (Fsp3) is 0.700. The van der Waals surface area contributed by atoms with Crippen molar-refractivity contribution in [3.8, 4) is 0 Å². The number of sulfonamides is 1. The quantitative estimate of drug-likeness (QED) is 0.250. The topological polar surface area (TPSA) is 125 Å². The molecule has 3 heterocycles. The van der Waals surface area contributed by atoms with Crippen molar-refractivity contribution in [2.24, 2.45) is 5.92 Å². The zero-order chi connectivity index (χ0) is 22.3. The van der Waals surface area contributed by atoms with Crippen LogP contribution >= 0.6 is 0 Å². The first-order valence-corrected chi connectivity index (χ1v) is 12.1. The largest absolute Gasteiger partial charge is 0.381 e. The highest BCUT2D eigenvalue weighted by Crippen LogP contribution is 2.35. The molecule has 3 aliphatic heterocycles. The molecule has 0 aromatic carbocycles. The van der Waals surface area contributed by atoms with Gasteiger partial charge in [-0.3, -0.25) is 14.8 Å². The van der Waals surface area contributed by atoms with Crippen molar-refractivity contribution in [3.63, 3.8) is 0 Å². The molecule has 3 saturated heterocycles. The second kappa shape index (κ2) is 10.7. The number of carbonyl (C=O) groups excluding carboxylic acids is 2. The van der Waals surface area contributed by atoms with Gasteiger partial charge in [0.2, 0.25) is 15.9 Å². The highest BCUT2D eigenvalue weighted by Gasteiger charge is 2.54. The van der Waals surface area contributed by atoms with Crippen LogP contribution in [-0.2, 0) is 29.1 Å². The van der Waals surface area contributed by atoms with Gasteiger partial charge < -0.3 is 14.4 Å². The smallest absolute Gasteiger partial charge is 0.266 e. The normalized spacial score (nSPS) is 24.0. The van der Waals surface area contributed by atoms with Gasteiger partial charge in [0.05, 0.1) is 13.2 Å². The maximum Gasteiger partial charge on any atom is 0.266 e. The molecule has 11 heteroatoms. The van der Waals surface area contributed by atoms with E-state index in [9.17, 15) is 18.0 Å². The van der Waals surface area contributed by atoms with Crippen LogP contribution < -0.4 is 5.48 Å². The number of ether oxygens (including phenoxy) is 2. The number of amides is 2. The number of hydrogen-bond donors (Lipinski definition) is 2. The molecule has 0 aromatic rings. The molecule has 31 heavy (non-hydrogen) atoms. The van der Waals surface area contributed by atoms with Crippen LogP contribution in [0.3, 0.4) is 0 Å². The summed E-state index contributed by atoms with van der Waals surface area (Å²) >= 11 is 0. The zero-order valence-corrected chi connectivity index (χ0v) is 18.4. The van der Waals surface area contributed by atoms with E-state index in [1.54, 1.807) is 11.0 Å². The van der Waals surface area contributed by atoms with E-state index in [0.717, 1.165) is 0 Å². The van der Waals surface area contributed by atoms with Crippen LogP contribution in [0, 0.1) is 5.92 Å². The van der Waals surface area contributed by atoms with Crippen LogP contribution in [-0.4, -0.2) is 92.0 Å². The van der Waals surface area contributed by atoms with Gasteiger partial charge in [0.25, 0.3) is 5.91 Å². The van der Waals surface area contributed by atoms with Crippen molar-refractivity contribution >= 4 is 21.8 Å². The molecule has 0 atom stereocenters. The molecule has 0 saturated carbocycles. The number of morpholine rings is 1. The van der Waals surface area contributed by atoms with Crippen LogP contribution in [0.25, 0.3) is 0 Å². The van der Waals surface area contributed by atoms with Gasteiger partial charge in [0, 0.05) is 58.3 Å². The van der Waals surface area contributed by atoms with Gasteiger partial charge in [0.1, 0.15) is 0 Å². The summed E-state index contributed by atoms with van der Waals surface area (Å²) in [4.78, 5) is 26.1. The average Bonchev–Trinajstić information content (AvgIpc) is 2.82. The number of nitrogens with one attached hydrogen (secondary N) is 1. The fourth-order valence-corrected chi connectivity index (χ4v) is 6.36. The van der Waals surface area contributed by atoms with Gasteiger partial charge in [0.15, 0.2) is 4.75 Å². The Morgan fingerprint density at radius 1 is 0.968 bits per heavy atom. The maximum atomic E-state index is 13.3. The van der Waals surface area contributed by atoms with E-state index in [1.807, 2.05) is 12.2 Å². The van der Waals surface area contributed by atoms with E-state index in [4.69, 9.17) is 14.7 Å². The Balaban J connectivity index is 1.54. The van der Waals surface area contributed by atoms with Crippen LogP contribution in [0.15, 0.2) is 24.3 Å². The van der Waals surface area contributed by atoms with E-state index < -0.39 is 20.7 Å². The summed E-state index contributed by atoms with van der Waals surface area (Å²) in [6.45, 7) is 3.23. The first kappa shape index (κ1) is 23.9. The van der Waals surface area contributed by atoms with E-state index in [0.29, 0.717) is 52.2 Å². The average molecular weight is 458 g/mol. The molecule has 10 nitrogen and oxygen atoms in total. The van der Waals surface area contributed by atoms with E-state index in [-0.39, 0.29) is 37.9 Å². The first-order chi connectivity index (χ1) is 14.9. The van der Waals surface area contributed by atoms with Crippen molar-refractivity contribution < 1.29 is 32.7 Å². The monoisotopic (exact) mass is 457 g/mol. The van der Waals surface area contributed by atoms with Gasteiger partial charge in [-0.05, 0) is 18.8 Å². The second-order valence-electron chi connectivity index (χ2n) is 7.97. The highest BCUT2D eigenvalue weighted by molar-refractivity contribution is 7.91. The zero-order valence-electron chi connectivity index (χ0n) is 17.6. The van der Waals surface area contributed by atoms with Crippen molar-refractivity contribution in [3.05, 3.63) is 24.3 Å². The molecule has 2 amide bonds. The summed E-state index contributed by atoms with van der Waals surface area (Å²) in [6, 6.07) is 0. The molecule has 174 valence electrons. The minimum absolute atomic E-state index is 0.0174. The molecular weight excluding hydrogens is 426 g/mol. The molecule has 2 N–H and O–H groups in total. The molecule has 3 aliphatic rings. The summed E-state index contributed by atoms with van der Waals surface area (Å²) in [5, 5.41) is 9.13. The Morgan fingerprint density at radius 2 is 1.58 bits per heavy atom. The van der Waals surface area contributed by atoms with Gasteiger partial charge in [-0.25, -0.2) is 18.2 Å². The summed E-state index contributed by atoms with van der Waals surface area (Å²) in [6.07, 6.45) is 8.33. The van der Waals surface area contributed by atoms with Crippen molar-refractivity contribution in [2.75, 3.05) is 52.6 Å². The lowest BCUT2D eigenvalue weighted by Crippen LogP contribution is -2.60. The SMILES string of the molecule is O=C(/C=C/C=C/C1CCN(S(=O)(=O)C2(C(=O)NO)CCOCC2)CC1)N1CCOCC1. The van der Waals surface area contributed by atoms with Gasteiger partial charge in [-0.15, -0.1) is 0 Å². The summed E-state index contributed by atoms with van der Waals surface area (Å²) in [7, 11) is -3.95. The lowest BCUT2D eigenvalue weighted by atomic mass is 9.97. The Kier molecular flexibility index (Phi) is 8.23. The standard InChI is InChI=1S/C20H31N3O7S/c24-18(22-11-15-30-16-12-22)4-2-1-3-17-5-9-23(10-6-17)31(27,28)20(19(25)21-26)7-13-29-14-8-20/h1-4,17,26H,5-16H2,(H,21,25)/b3-1+,4-2+. The highest BCUT2D eigenvalue weighted by atomic mass is 32.2. The Bertz CT molecular complexity index is 792. The summed E-state index contributed by atoms with van der Waals surface area (Å²) in [5.74, 6) is -0.752. The lowest BCUT2D eigenvalue weighted by molar-refractivity contribution is -0.134. The van der Waals surface area contributed by atoms with Gasteiger partial charge >= 0.3 is 0 Å². The molecule has 0 aliphatic carbocycles. The number of carbonyl (C=O) groups is 2. The van der Waals surface area contributed by atoms with Gasteiger partial charge in [-0.1, -0.05) is 18.2 Å². The molecule has 0 radical (unpaired) electrons. The maximum absolute atomic E-state index is 13.3. The number of allylic oxidation sites excluding steroid dienone is 3. The van der Waals surface area contributed by atoms with Gasteiger partial charge in [-0.2, -0.15) is 0 Å². The fourth-order valence-electron chi connectivity index (χ4n) is 4.21. The molecule has 3 rings (SSSR count). The summed E-state index contributed by atoms with van der Waals surface area (Å²) in [5.41, 5.74) is 1.54. The van der Waals surface area contributed by atoms with Crippen LogP contribution in [0.4, 0.5) is 0 Å². The van der Waals surface area contributed by atoms with E-state index in [1.165, 1.54) is 15.9 Å². The molecule has 0 unspecified atom stereocenters.